The maximum absolute atomic E-state index is 5.57. The maximum Gasteiger partial charge on any atom is 0.324 e. The highest BCUT2D eigenvalue weighted by Gasteiger charge is 2.08. The van der Waals surface area contributed by atoms with Crippen LogP contribution in [0.2, 0.25) is 0 Å². The average molecular weight is 254 g/mol. The van der Waals surface area contributed by atoms with Crippen LogP contribution in [-0.4, -0.2) is 28.2 Å². The van der Waals surface area contributed by atoms with Gasteiger partial charge >= 0.3 is 12.0 Å². The van der Waals surface area contributed by atoms with Crippen molar-refractivity contribution in [2.24, 2.45) is 5.92 Å². The molecular formula is C12H22N4O2. The van der Waals surface area contributed by atoms with E-state index in [0.717, 1.165) is 19.3 Å². The molecular weight excluding hydrogens is 232 g/mol. The molecule has 1 heterocycles. The molecule has 1 rings (SSSR count). The van der Waals surface area contributed by atoms with E-state index in [9.17, 15) is 0 Å². The van der Waals surface area contributed by atoms with Gasteiger partial charge in [-0.2, -0.15) is 9.97 Å². The highest BCUT2D eigenvalue weighted by atomic mass is 16.5. The summed E-state index contributed by atoms with van der Waals surface area (Å²) in [6, 6.07) is 0.457. The van der Waals surface area contributed by atoms with E-state index in [1.165, 1.54) is 0 Å². The summed E-state index contributed by atoms with van der Waals surface area (Å²) in [6.07, 6.45) is 3.13. The average Bonchev–Trinajstić information content (AvgIpc) is 2.34. The van der Waals surface area contributed by atoms with Gasteiger partial charge in [0, 0.05) is 0 Å². The van der Waals surface area contributed by atoms with E-state index in [0.29, 0.717) is 19.1 Å². The van der Waals surface area contributed by atoms with E-state index in [1.54, 1.807) is 0 Å². The highest BCUT2D eigenvalue weighted by molar-refractivity contribution is 5.20. The van der Waals surface area contributed by atoms with Gasteiger partial charge in [0.15, 0.2) is 0 Å². The lowest BCUT2D eigenvalue weighted by Crippen LogP contribution is -2.12. The van der Waals surface area contributed by atoms with Crippen molar-refractivity contribution in [2.75, 3.05) is 18.9 Å². The summed E-state index contributed by atoms with van der Waals surface area (Å²) in [7, 11) is 0. The second-order valence-electron chi connectivity index (χ2n) is 4.31. The van der Waals surface area contributed by atoms with Crippen molar-refractivity contribution >= 4 is 5.95 Å². The number of nitrogens with zero attached hydrogens (tertiary/aromatic N) is 3. The normalized spacial score (nSPS) is 12.2. The van der Waals surface area contributed by atoms with Gasteiger partial charge < -0.3 is 15.2 Å². The van der Waals surface area contributed by atoms with E-state index in [1.807, 2.05) is 6.92 Å². The third kappa shape index (κ3) is 5.16. The van der Waals surface area contributed by atoms with Gasteiger partial charge in [-0.1, -0.05) is 27.2 Å². The van der Waals surface area contributed by atoms with Gasteiger partial charge in [0.25, 0.3) is 0 Å². The molecule has 0 aromatic carbocycles. The van der Waals surface area contributed by atoms with Crippen LogP contribution in [0, 0.1) is 5.92 Å². The molecule has 0 bridgehead atoms. The van der Waals surface area contributed by atoms with Crippen molar-refractivity contribution in [1.82, 2.24) is 15.0 Å². The predicted molar refractivity (Wildman–Crippen MR) is 69.6 cm³/mol. The fraction of sp³-hybridized carbons (Fsp3) is 0.750. The molecule has 18 heavy (non-hydrogen) atoms. The minimum atomic E-state index is 0.120. The van der Waals surface area contributed by atoms with E-state index >= 15 is 0 Å². The second-order valence-corrected chi connectivity index (χ2v) is 4.31. The molecule has 0 fully saturated rings. The maximum atomic E-state index is 5.57. The lowest BCUT2D eigenvalue weighted by molar-refractivity contribution is 0.224. The summed E-state index contributed by atoms with van der Waals surface area (Å²) < 4.78 is 10.8. The molecule has 0 aliphatic carbocycles. The third-order valence-corrected chi connectivity index (χ3v) is 2.33. The van der Waals surface area contributed by atoms with Crippen molar-refractivity contribution in [3.8, 4) is 12.0 Å². The Morgan fingerprint density at radius 1 is 1.06 bits per heavy atom. The van der Waals surface area contributed by atoms with Gasteiger partial charge in [0.05, 0.1) is 13.2 Å². The Labute approximate surface area is 108 Å². The number of hydrogen-bond donors (Lipinski definition) is 1. The molecule has 1 unspecified atom stereocenters. The van der Waals surface area contributed by atoms with Crippen LogP contribution >= 0.6 is 0 Å². The summed E-state index contributed by atoms with van der Waals surface area (Å²) >= 11 is 0. The number of rotatable bonds is 8. The Morgan fingerprint density at radius 3 is 2.33 bits per heavy atom. The summed E-state index contributed by atoms with van der Waals surface area (Å²) in [5.41, 5.74) is 5.57. The molecule has 6 heteroatoms. The first-order valence-electron chi connectivity index (χ1n) is 6.42. The van der Waals surface area contributed by atoms with Crippen LogP contribution in [0.15, 0.2) is 0 Å². The van der Waals surface area contributed by atoms with Crippen LogP contribution in [0.4, 0.5) is 5.95 Å². The van der Waals surface area contributed by atoms with Gasteiger partial charge in [-0.05, 0) is 18.8 Å². The van der Waals surface area contributed by atoms with Gasteiger partial charge in [0.1, 0.15) is 0 Å². The van der Waals surface area contributed by atoms with Crippen molar-refractivity contribution in [3.05, 3.63) is 0 Å². The molecule has 102 valence electrons. The predicted octanol–water partition coefficient (Wildman–Crippen LogP) is 2.06. The van der Waals surface area contributed by atoms with E-state index in [2.05, 4.69) is 28.8 Å². The zero-order valence-electron chi connectivity index (χ0n) is 11.3. The summed E-state index contributed by atoms with van der Waals surface area (Å²) in [6.45, 7) is 7.41. The zero-order valence-corrected chi connectivity index (χ0v) is 11.3. The van der Waals surface area contributed by atoms with Gasteiger partial charge in [0.2, 0.25) is 5.95 Å². The van der Waals surface area contributed by atoms with Crippen LogP contribution in [-0.2, 0) is 0 Å². The minimum Gasteiger partial charge on any atom is -0.463 e. The molecule has 2 N–H and O–H groups in total. The number of nitrogens with two attached hydrogens (primary N) is 1. The van der Waals surface area contributed by atoms with Crippen molar-refractivity contribution in [3.63, 3.8) is 0 Å². The molecule has 0 aliphatic rings. The van der Waals surface area contributed by atoms with Crippen LogP contribution < -0.4 is 15.2 Å². The number of hydrogen-bond acceptors (Lipinski definition) is 6. The zero-order chi connectivity index (χ0) is 13.4. The molecule has 1 aromatic heterocycles. The Morgan fingerprint density at radius 2 is 1.72 bits per heavy atom. The Bertz CT molecular complexity index is 360. The molecule has 0 saturated carbocycles. The van der Waals surface area contributed by atoms with Crippen molar-refractivity contribution in [1.29, 1.82) is 0 Å². The van der Waals surface area contributed by atoms with Crippen LogP contribution in [0.5, 0.6) is 12.0 Å². The molecule has 1 atom stereocenters. The number of ether oxygens (including phenoxy) is 2. The largest absolute Gasteiger partial charge is 0.463 e. The molecule has 0 radical (unpaired) electrons. The van der Waals surface area contributed by atoms with Gasteiger partial charge in [-0.15, -0.1) is 4.98 Å². The van der Waals surface area contributed by atoms with E-state index in [4.69, 9.17) is 15.2 Å². The summed E-state index contributed by atoms with van der Waals surface area (Å²) in [4.78, 5) is 11.9. The summed E-state index contributed by atoms with van der Waals surface area (Å²) in [5, 5.41) is 0. The van der Waals surface area contributed by atoms with Crippen molar-refractivity contribution in [2.45, 2.75) is 40.0 Å². The molecule has 6 nitrogen and oxygen atoms in total. The smallest absolute Gasteiger partial charge is 0.324 e. The fourth-order valence-corrected chi connectivity index (χ4v) is 1.47. The third-order valence-electron chi connectivity index (χ3n) is 2.33. The summed E-state index contributed by atoms with van der Waals surface area (Å²) in [5.74, 6) is 0.585. The standard InChI is InChI=1S/C12H22N4O2/c1-4-6-9(3)8-18-12-15-10(13)14-11(16-12)17-7-5-2/h9H,4-8H2,1-3H3,(H2,13,14,15,16). The van der Waals surface area contributed by atoms with Crippen molar-refractivity contribution < 1.29 is 9.47 Å². The molecule has 1 aromatic rings. The second kappa shape index (κ2) is 7.68. The molecule has 0 saturated heterocycles. The van der Waals surface area contributed by atoms with Gasteiger partial charge in [-0.25, -0.2) is 0 Å². The fourth-order valence-electron chi connectivity index (χ4n) is 1.47. The first-order valence-corrected chi connectivity index (χ1v) is 6.42. The Balaban J connectivity index is 2.56. The monoisotopic (exact) mass is 254 g/mol. The SMILES string of the molecule is CCCOc1nc(N)nc(OCC(C)CCC)n1. The van der Waals surface area contributed by atoms with E-state index < -0.39 is 0 Å². The van der Waals surface area contributed by atoms with Crippen LogP contribution in [0.3, 0.4) is 0 Å². The first-order chi connectivity index (χ1) is 8.65. The van der Waals surface area contributed by atoms with Crippen LogP contribution in [0.1, 0.15) is 40.0 Å². The Kier molecular flexibility index (Phi) is 6.18. The Hall–Kier alpha value is -1.59. The number of anilines is 1. The number of nitrogen functional groups attached to an aromatic ring is 1. The minimum absolute atomic E-state index is 0.120. The van der Waals surface area contributed by atoms with Gasteiger partial charge in [-0.3, -0.25) is 0 Å². The molecule has 0 spiro atoms. The number of aromatic nitrogens is 3. The first kappa shape index (κ1) is 14.5. The lowest BCUT2D eigenvalue weighted by atomic mass is 10.1. The lowest BCUT2D eigenvalue weighted by Gasteiger charge is -2.11. The van der Waals surface area contributed by atoms with E-state index in [-0.39, 0.29) is 18.0 Å². The molecule has 0 amide bonds. The highest BCUT2D eigenvalue weighted by Crippen LogP contribution is 2.13. The topological polar surface area (TPSA) is 83.2 Å². The quantitative estimate of drug-likeness (QED) is 0.764. The molecule has 0 aliphatic heterocycles. The van der Waals surface area contributed by atoms with Crippen LogP contribution in [0.25, 0.3) is 0 Å².